The van der Waals surface area contributed by atoms with Gasteiger partial charge in [0.05, 0.1) is 12.2 Å². The molecule has 1 aliphatic heterocycles. The van der Waals surface area contributed by atoms with Crippen LogP contribution < -0.4 is 15.0 Å². The maximum atomic E-state index is 13.0. The Kier molecular flexibility index (Phi) is 6.19. The normalized spacial score (nSPS) is 14.2. The Morgan fingerprint density at radius 2 is 1.66 bits per heavy atom. The fourth-order valence-corrected chi connectivity index (χ4v) is 5.33. The number of hydrogen-bond acceptors (Lipinski definition) is 7. The largest absolute Gasteiger partial charge is 0.457 e. The number of benzene rings is 3. The summed E-state index contributed by atoms with van der Waals surface area (Å²) in [6.07, 6.45) is 0. The Labute approximate surface area is 222 Å². The lowest BCUT2D eigenvalue weighted by Gasteiger charge is -2.22. The van der Waals surface area contributed by atoms with Crippen molar-refractivity contribution in [2.24, 2.45) is 0 Å². The van der Waals surface area contributed by atoms with Gasteiger partial charge in [0.1, 0.15) is 28.4 Å². The lowest BCUT2D eigenvalue weighted by atomic mass is 10.1. The SMILES string of the molecule is CC(=O)C1c2[nH]nc(NC(=O)c3ccc(Oc4ccccc4)cc3)c2CN1c1csc(-c2ccccc2)n1. The molecule has 0 saturated carbocycles. The second-order valence-electron chi connectivity index (χ2n) is 8.88. The number of fused-ring (bicyclic) bond motifs is 1. The minimum atomic E-state index is -0.553. The number of Topliss-reactive ketones (excluding diaryl/α,β-unsaturated/α-hetero) is 1. The van der Waals surface area contributed by atoms with Crippen molar-refractivity contribution < 1.29 is 14.3 Å². The summed E-state index contributed by atoms with van der Waals surface area (Å²) < 4.78 is 5.81. The number of ether oxygens (including phenoxy) is 1. The van der Waals surface area contributed by atoms with E-state index in [1.165, 1.54) is 11.3 Å². The third-order valence-electron chi connectivity index (χ3n) is 6.33. The summed E-state index contributed by atoms with van der Waals surface area (Å²) in [5.41, 5.74) is 2.94. The van der Waals surface area contributed by atoms with Crippen molar-refractivity contribution in [3.63, 3.8) is 0 Å². The van der Waals surface area contributed by atoms with Crippen LogP contribution in [-0.4, -0.2) is 26.9 Å². The summed E-state index contributed by atoms with van der Waals surface area (Å²) in [7, 11) is 0. The van der Waals surface area contributed by atoms with Gasteiger partial charge in [-0.15, -0.1) is 11.3 Å². The highest BCUT2D eigenvalue weighted by Gasteiger charge is 2.39. The summed E-state index contributed by atoms with van der Waals surface area (Å²) in [6.45, 7) is 1.95. The van der Waals surface area contributed by atoms with Crippen LogP contribution in [0.15, 0.2) is 90.3 Å². The number of carbonyl (C=O) groups is 2. The number of para-hydroxylation sites is 1. The zero-order chi connectivity index (χ0) is 26.1. The Balaban J connectivity index is 1.19. The van der Waals surface area contributed by atoms with Crippen LogP contribution in [0.5, 0.6) is 11.5 Å². The van der Waals surface area contributed by atoms with Gasteiger partial charge in [-0.3, -0.25) is 14.7 Å². The monoisotopic (exact) mass is 521 g/mol. The van der Waals surface area contributed by atoms with E-state index in [4.69, 9.17) is 9.72 Å². The molecule has 0 aliphatic carbocycles. The first-order valence-corrected chi connectivity index (χ1v) is 12.9. The lowest BCUT2D eigenvalue weighted by molar-refractivity contribution is -0.118. The number of aromatic nitrogens is 3. The first-order valence-electron chi connectivity index (χ1n) is 12.1. The zero-order valence-corrected chi connectivity index (χ0v) is 21.2. The summed E-state index contributed by atoms with van der Waals surface area (Å²) in [5.74, 6) is 2.13. The fraction of sp³-hybridized carbons (Fsp3) is 0.103. The number of nitrogens with one attached hydrogen (secondary N) is 2. The molecular weight excluding hydrogens is 498 g/mol. The average molecular weight is 522 g/mol. The quantitative estimate of drug-likeness (QED) is 0.263. The number of amides is 1. The topological polar surface area (TPSA) is 100 Å². The molecule has 0 bridgehead atoms. The molecule has 8 nitrogen and oxygen atoms in total. The second-order valence-corrected chi connectivity index (χ2v) is 9.73. The summed E-state index contributed by atoms with van der Waals surface area (Å²) >= 11 is 1.53. The predicted molar refractivity (Wildman–Crippen MR) is 147 cm³/mol. The molecule has 0 saturated heterocycles. The molecule has 0 fully saturated rings. The van der Waals surface area contributed by atoms with Gasteiger partial charge in [0.2, 0.25) is 0 Å². The Morgan fingerprint density at radius 3 is 2.37 bits per heavy atom. The maximum absolute atomic E-state index is 13.0. The highest BCUT2D eigenvalue weighted by atomic mass is 32.1. The van der Waals surface area contributed by atoms with Gasteiger partial charge in [-0.25, -0.2) is 4.98 Å². The Morgan fingerprint density at radius 1 is 0.974 bits per heavy atom. The average Bonchev–Trinajstić information content (AvgIpc) is 3.66. The molecule has 9 heteroatoms. The van der Waals surface area contributed by atoms with Crippen molar-refractivity contribution in [1.29, 1.82) is 0 Å². The molecule has 3 heterocycles. The molecule has 5 aromatic rings. The van der Waals surface area contributed by atoms with Crippen LogP contribution in [0.1, 0.15) is 34.6 Å². The molecule has 1 unspecified atom stereocenters. The molecule has 0 spiro atoms. The van der Waals surface area contributed by atoms with E-state index in [9.17, 15) is 9.59 Å². The van der Waals surface area contributed by atoms with Crippen molar-refractivity contribution in [3.8, 4) is 22.1 Å². The number of H-pyrrole nitrogens is 1. The highest BCUT2D eigenvalue weighted by molar-refractivity contribution is 7.13. The molecular formula is C29H23N5O3S. The van der Waals surface area contributed by atoms with Gasteiger partial charge in [0.25, 0.3) is 5.91 Å². The number of anilines is 2. The molecule has 1 atom stereocenters. The van der Waals surface area contributed by atoms with E-state index in [0.29, 0.717) is 35.2 Å². The molecule has 2 aromatic heterocycles. The number of nitrogens with zero attached hydrogens (tertiary/aromatic N) is 3. The number of carbonyl (C=O) groups excluding carboxylic acids is 2. The number of thiazole rings is 1. The summed E-state index contributed by atoms with van der Waals surface area (Å²) in [5, 5.41) is 13.0. The van der Waals surface area contributed by atoms with Crippen molar-refractivity contribution in [3.05, 3.63) is 107 Å². The third kappa shape index (κ3) is 4.55. The minimum absolute atomic E-state index is 0.0338. The van der Waals surface area contributed by atoms with Gasteiger partial charge in [-0.05, 0) is 43.3 Å². The molecule has 38 heavy (non-hydrogen) atoms. The molecule has 188 valence electrons. The molecule has 1 aliphatic rings. The number of hydrogen-bond donors (Lipinski definition) is 2. The van der Waals surface area contributed by atoms with Crippen LogP contribution in [0.3, 0.4) is 0 Å². The van der Waals surface area contributed by atoms with E-state index in [2.05, 4.69) is 15.5 Å². The molecule has 6 rings (SSSR count). The summed E-state index contributed by atoms with van der Waals surface area (Å²) in [6, 6.07) is 25.7. The Bertz CT molecular complexity index is 1600. The van der Waals surface area contributed by atoms with Gasteiger partial charge in [0.15, 0.2) is 11.6 Å². The van der Waals surface area contributed by atoms with Crippen molar-refractivity contribution >= 4 is 34.7 Å². The van der Waals surface area contributed by atoms with Gasteiger partial charge in [-0.2, -0.15) is 5.10 Å². The van der Waals surface area contributed by atoms with Crippen LogP contribution in [0.2, 0.25) is 0 Å². The molecule has 3 aromatic carbocycles. The van der Waals surface area contributed by atoms with E-state index < -0.39 is 6.04 Å². The van der Waals surface area contributed by atoms with Crippen molar-refractivity contribution in [2.45, 2.75) is 19.5 Å². The fourth-order valence-electron chi connectivity index (χ4n) is 4.51. The lowest BCUT2D eigenvalue weighted by Crippen LogP contribution is -2.27. The van der Waals surface area contributed by atoms with Crippen LogP contribution in [-0.2, 0) is 11.3 Å². The summed E-state index contributed by atoms with van der Waals surface area (Å²) in [4.78, 5) is 32.4. The van der Waals surface area contributed by atoms with E-state index in [1.54, 1.807) is 31.2 Å². The van der Waals surface area contributed by atoms with Crippen molar-refractivity contribution in [2.75, 3.05) is 10.2 Å². The molecule has 2 N–H and O–H groups in total. The molecule has 0 radical (unpaired) electrons. The van der Waals surface area contributed by atoms with Crippen LogP contribution >= 0.6 is 11.3 Å². The second kappa shape index (κ2) is 9.95. The van der Waals surface area contributed by atoms with Crippen LogP contribution in [0.4, 0.5) is 11.6 Å². The standard InChI is InChI=1S/C29H23N5O3S/c1-18(35)26-25-23(16-34(26)24-17-38-29(30-24)20-8-4-2-5-9-20)27(33-32-25)31-28(36)19-12-14-22(15-13-19)37-21-10-6-3-7-11-21/h2-15,17,26H,16H2,1H3,(H2,31,32,33,36). The highest BCUT2D eigenvalue weighted by Crippen LogP contribution is 2.41. The van der Waals surface area contributed by atoms with Gasteiger partial charge < -0.3 is 15.0 Å². The minimum Gasteiger partial charge on any atom is -0.457 e. The number of rotatable bonds is 7. The number of aromatic amines is 1. The first kappa shape index (κ1) is 23.6. The van der Waals surface area contributed by atoms with E-state index >= 15 is 0 Å². The smallest absolute Gasteiger partial charge is 0.256 e. The number of ketones is 1. The van der Waals surface area contributed by atoms with E-state index in [0.717, 1.165) is 21.9 Å². The van der Waals surface area contributed by atoms with E-state index in [1.807, 2.05) is 70.9 Å². The van der Waals surface area contributed by atoms with Crippen LogP contribution in [0, 0.1) is 0 Å². The van der Waals surface area contributed by atoms with Gasteiger partial charge in [0, 0.05) is 22.1 Å². The first-order chi connectivity index (χ1) is 18.6. The van der Waals surface area contributed by atoms with Gasteiger partial charge >= 0.3 is 0 Å². The van der Waals surface area contributed by atoms with Gasteiger partial charge in [-0.1, -0.05) is 48.5 Å². The van der Waals surface area contributed by atoms with Crippen LogP contribution in [0.25, 0.3) is 10.6 Å². The molecule has 1 amide bonds. The maximum Gasteiger partial charge on any atom is 0.256 e. The third-order valence-corrected chi connectivity index (χ3v) is 7.21. The zero-order valence-electron chi connectivity index (χ0n) is 20.4. The van der Waals surface area contributed by atoms with Crippen molar-refractivity contribution in [1.82, 2.24) is 15.2 Å². The Hall–Kier alpha value is -4.76. The predicted octanol–water partition coefficient (Wildman–Crippen LogP) is 6.23. The van der Waals surface area contributed by atoms with E-state index in [-0.39, 0.29) is 11.7 Å².